The Morgan fingerprint density at radius 2 is 2.13 bits per heavy atom. The van der Waals surface area contributed by atoms with Crippen molar-refractivity contribution in [1.82, 2.24) is 0 Å². The number of ketones is 1. The summed E-state index contributed by atoms with van der Waals surface area (Å²) in [6.07, 6.45) is 15.4. The van der Waals surface area contributed by atoms with Gasteiger partial charge in [0.15, 0.2) is 5.78 Å². The Balaban J connectivity index is 2.17. The maximum atomic E-state index is 11.1. The molecule has 0 aromatic rings. The molecule has 0 spiro atoms. The number of carbonyl (C=O) groups is 1. The Bertz CT molecular complexity index is 248. The Kier molecular flexibility index (Phi) is 6.06. The van der Waals surface area contributed by atoms with Crippen molar-refractivity contribution in [3.8, 4) is 0 Å². The fourth-order valence-corrected chi connectivity index (χ4v) is 1.87. The first-order valence-corrected chi connectivity index (χ1v) is 6.23. The lowest BCUT2D eigenvalue weighted by molar-refractivity contribution is -0.115. The predicted molar refractivity (Wildman–Crippen MR) is 64.8 cm³/mol. The van der Waals surface area contributed by atoms with Crippen molar-refractivity contribution in [2.75, 3.05) is 0 Å². The summed E-state index contributed by atoms with van der Waals surface area (Å²) in [4.78, 5) is 11.1. The molecule has 0 saturated heterocycles. The number of hydrogen-bond acceptors (Lipinski definition) is 1. The van der Waals surface area contributed by atoms with Gasteiger partial charge in [0.05, 0.1) is 0 Å². The average Bonchev–Trinajstić information content (AvgIpc) is 2.23. The zero-order valence-corrected chi connectivity index (χ0v) is 9.80. The van der Waals surface area contributed by atoms with Gasteiger partial charge in [-0.15, -0.1) is 0 Å². The molecule has 0 heterocycles. The average molecular weight is 206 g/mol. The van der Waals surface area contributed by atoms with Crippen LogP contribution < -0.4 is 0 Å². The maximum absolute atomic E-state index is 11.1. The van der Waals surface area contributed by atoms with E-state index in [2.05, 4.69) is 19.1 Å². The molecular formula is C14H22O. The van der Waals surface area contributed by atoms with Crippen LogP contribution in [0.15, 0.2) is 23.8 Å². The molecule has 0 aliphatic heterocycles. The molecule has 0 radical (unpaired) electrons. The van der Waals surface area contributed by atoms with Crippen LogP contribution in [0.25, 0.3) is 0 Å². The van der Waals surface area contributed by atoms with E-state index in [1.165, 1.54) is 31.3 Å². The Hall–Kier alpha value is -0.850. The zero-order chi connectivity index (χ0) is 10.9. The van der Waals surface area contributed by atoms with E-state index >= 15 is 0 Å². The highest BCUT2D eigenvalue weighted by Gasteiger charge is 2.06. The highest BCUT2D eigenvalue weighted by molar-refractivity contribution is 5.91. The first kappa shape index (κ1) is 12.2. The van der Waals surface area contributed by atoms with Crippen LogP contribution in [-0.2, 0) is 4.79 Å². The number of unbranched alkanes of at least 4 members (excludes halogenated alkanes) is 4. The van der Waals surface area contributed by atoms with Crippen LogP contribution in [0.5, 0.6) is 0 Å². The number of rotatable bonds is 6. The van der Waals surface area contributed by atoms with Crippen molar-refractivity contribution >= 4 is 5.78 Å². The topological polar surface area (TPSA) is 17.1 Å². The summed E-state index contributed by atoms with van der Waals surface area (Å²) < 4.78 is 0. The van der Waals surface area contributed by atoms with Crippen molar-refractivity contribution in [3.05, 3.63) is 23.8 Å². The lowest BCUT2D eigenvalue weighted by atomic mass is 9.98. The van der Waals surface area contributed by atoms with Crippen molar-refractivity contribution < 1.29 is 4.79 Å². The standard InChI is InChI=1S/C14H22O/c1-2-3-4-5-6-7-9-13-10-8-11-14(15)12-13/h7,9,12H,2-6,8,10-11H2,1H3. The largest absolute Gasteiger partial charge is 0.295 e. The van der Waals surface area contributed by atoms with Gasteiger partial charge < -0.3 is 0 Å². The molecule has 84 valence electrons. The molecular weight excluding hydrogens is 184 g/mol. The minimum absolute atomic E-state index is 0.298. The second kappa shape index (κ2) is 7.44. The van der Waals surface area contributed by atoms with Gasteiger partial charge in [0, 0.05) is 6.42 Å². The fraction of sp³-hybridized carbons (Fsp3) is 0.643. The summed E-state index contributed by atoms with van der Waals surface area (Å²) in [5.41, 5.74) is 1.22. The van der Waals surface area contributed by atoms with Crippen LogP contribution in [0.4, 0.5) is 0 Å². The van der Waals surface area contributed by atoms with E-state index in [0.29, 0.717) is 5.78 Å². The number of hydrogen-bond donors (Lipinski definition) is 0. The molecule has 0 saturated carbocycles. The Labute approximate surface area is 93.3 Å². The fourth-order valence-electron chi connectivity index (χ4n) is 1.87. The third-order valence-electron chi connectivity index (χ3n) is 2.79. The molecule has 1 heteroatoms. The summed E-state index contributed by atoms with van der Waals surface area (Å²) in [6, 6.07) is 0. The molecule has 1 aliphatic rings. The van der Waals surface area contributed by atoms with Gasteiger partial charge in [0.1, 0.15) is 0 Å². The first-order valence-electron chi connectivity index (χ1n) is 6.23. The van der Waals surface area contributed by atoms with Crippen LogP contribution in [0.3, 0.4) is 0 Å². The Morgan fingerprint density at radius 1 is 1.27 bits per heavy atom. The molecule has 1 nitrogen and oxygen atoms in total. The van der Waals surface area contributed by atoms with Gasteiger partial charge in [-0.3, -0.25) is 4.79 Å². The lowest BCUT2D eigenvalue weighted by Crippen LogP contribution is -2.00. The Morgan fingerprint density at radius 3 is 2.87 bits per heavy atom. The summed E-state index contributed by atoms with van der Waals surface area (Å²) in [5, 5.41) is 0. The highest BCUT2D eigenvalue weighted by Crippen LogP contribution is 2.16. The second-order valence-corrected chi connectivity index (χ2v) is 4.29. The minimum Gasteiger partial charge on any atom is -0.295 e. The van der Waals surface area contributed by atoms with Crippen LogP contribution in [0, 0.1) is 0 Å². The quantitative estimate of drug-likeness (QED) is 0.595. The number of carbonyl (C=O) groups excluding carboxylic acids is 1. The van der Waals surface area contributed by atoms with Crippen LogP contribution in [0.2, 0.25) is 0 Å². The van der Waals surface area contributed by atoms with Gasteiger partial charge in [0.25, 0.3) is 0 Å². The molecule has 0 fully saturated rings. The van der Waals surface area contributed by atoms with E-state index < -0.39 is 0 Å². The molecule has 0 unspecified atom stereocenters. The molecule has 15 heavy (non-hydrogen) atoms. The first-order chi connectivity index (χ1) is 7.33. The third-order valence-corrected chi connectivity index (χ3v) is 2.79. The van der Waals surface area contributed by atoms with Crippen molar-refractivity contribution in [1.29, 1.82) is 0 Å². The van der Waals surface area contributed by atoms with Gasteiger partial charge in [-0.05, 0) is 37.3 Å². The van der Waals surface area contributed by atoms with E-state index in [1.54, 1.807) is 0 Å². The molecule has 0 atom stereocenters. The monoisotopic (exact) mass is 206 g/mol. The summed E-state index contributed by atoms with van der Waals surface area (Å²) >= 11 is 0. The van der Waals surface area contributed by atoms with Crippen molar-refractivity contribution in [3.63, 3.8) is 0 Å². The van der Waals surface area contributed by atoms with Gasteiger partial charge >= 0.3 is 0 Å². The van der Waals surface area contributed by atoms with E-state index in [1.807, 2.05) is 6.08 Å². The van der Waals surface area contributed by atoms with E-state index in [4.69, 9.17) is 0 Å². The van der Waals surface area contributed by atoms with Crippen LogP contribution in [0.1, 0.15) is 58.3 Å². The highest BCUT2D eigenvalue weighted by atomic mass is 16.1. The maximum Gasteiger partial charge on any atom is 0.155 e. The third kappa shape index (κ3) is 5.56. The second-order valence-electron chi connectivity index (χ2n) is 4.29. The summed E-state index contributed by atoms with van der Waals surface area (Å²) in [7, 11) is 0. The van der Waals surface area contributed by atoms with Crippen molar-refractivity contribution in [2.24, 2.45) is 0 Å². The van der Waals surface area contributed by atoms with Crippen molar-refractivity contribution in [2.45, 2.75) is 58.3 Å². The SMILES string of the molecule is CCCCCCC=CC1=CC(=O)CCC1. The molecule has 1 rings (SSSR count). The molecule has 1 aliphatic carbocycles. The smallest absolute Gasteiger partial charge is 0.155 e. The summed E-state index contributed by atoms with van der Waals surface area (Å²) in [6.45, 7) is 2.23. The van der Waals surface area contributed by atoms with E-state index in [0.717, 1.165) is 25.7 Å². The lowest BCUT2D eigenvalue weighted by Gasteiger charge is -2.07. The van der Waals surface area contributed by atoms with Gasteiger partial charge in [0.2, 0.25) is 0 Å². The van der Waals surface area contributed by atoms with Gasteiger partial charge in [-0.1, -0.05) is 38.3 Å². The zero-order valence-electron chi connectivity index (χ0n) is 9.80. The summed E-state index contributed by atoms with van der Waals surface area (Å²) in [5.74, 6) is 0.298. The van der Waals surface area contributed by atoms with Gasteiger partial charge in [-0.2, -0.15) is 0 Å². The molecule has 0 aromatic carbocycles. The molecule has 0 bridgehead atoms. The normalized spacial score (nSPS) is 17.1. The van der Waals surface area contributed by atoms with E-state index in [9.17, 15) is 4.79 Å². The minimum atomic E-state index is 0.298. The van der Waals surface area contributed by atoms with Gasteiger partial charge in [-0.25, -0.2) is 0 Å². The predicted octanol–water partition coefficient (Wildman–Crippen LogP) is 4.19. The molecule has 0 aromatic heterocycles. The molecule has 0 N–H and O–H groups in total. The van der Waals surface area contributed by atoms with Crippen LogP contribution >= 0.6 is 0 Å². The molecule has 0 amide bonds. The van der Waals surface area contributed by atoms with E-state index in [-0.39, 0.29) is 0 Å². The number of allylic oxidation sites excluding steroid dienone is 4. The van der Waals surface area contributed by atoms with Crippen LogP contribution in [-0.4, -0.2) is 5.78 Å².